The molecule has 64 valence electrons. The highest BCUT2D eigenvalue weighted by Crippen LogP contribution is 2.11. The zero-order chi connectivity index (χ0) is 9.68. The van der Waals surface area contributed by atoms with Crippen LogP contribution in [-0.2, 0) is 0 Å². The van der Waals surface area contributed by atoms with E-state index in [2.05, 4.69) is 11.8 Å². The van der Waals surface area contributed by atoms with E-state index in [0.717, 1.165) is 5.56 Å². The van der Waals surface area contributed by atoms with E-state index in [1.54, 1.807) is 18.2 Å². The van der Waals surface area contributed by atoms with Crippen LogP contribution in [0.1, 0.15) is 11.1 Å². The summed E-state index contributed by atoms with van der Waals surface area (Å²) < 4.78 is 0. The molecule has 0 aromatic heterocycles. The summed E-state index contributed by atoms with van der Waals surface area (Å²) in [5.74, 6) is 5.81. The molecule has 0 aliphatic heterocycles. The number of nitrogen functional groups attached to an aromatic ring is 1. The van der Waals surface area contributed by atoms with E-state index in [-0.39, 0.29) is 0 Å². The Labute approximate surface area is 81.9 Å². The minimum absolute atomic E-state index is 0.292. The van der Waals surface area contributed by atoms with Gasteiger partial charge in [0.05, 0.1) is 17.1 Å². The Kier molecular flexibility index (Phi) is 3.20. The van der Waals surface area contributed by atoms with Gasteiger partial charge in [-0.1, -0.05) is 11.8 Å². The molecular weight excluding hydrogens is 184 g/mol. The van der Waals surface area contributed by atoms with E-state index in [1.165, 1.54) is 0 Å². The number of nitrogens with zero attached hydrogens (tertiary/aromatic N) is 1. The summed E-state index contributed by atoms with van der Waals surface area (Å²) in [6.07, 6.45) is 0. The molecule has 2 nitrogen and oxygen atoms in total. The summed E-state index contributed by atoms with van der Waals surface area (Å²) >= 11 is 5.39. The van der Waals surface area contributed by atoms with Gasteiger partial charge in [0, 0.05) is 5.56 Å². The minimum atomic E-state index is 0.292. The smallest absolute Gasteiger partial charge is 0.101 e. The normalized spacial score (nSPS) is 8.31. The van der Waals surface area contributed by atoms with Gasteiger partial charge in [-0.3, -0.25) is 0 Å². The number of halogens is 1. The number of hydrogen-bond donors (Lipinski definition) is 1. The van der Waals surface area contributed by atoms with Crippen molar-refractivity contribution in [3.8, 4) is 17.9 Å². The van der Waals surface area contributed by atoms with Gasteiger partial charge in [-0.05, 0) is 18.2 Å². The van der Waals surface area contributed by atoms with Crippen LogP contribution >= 0.6 is 11.6 Å². The summed E-state index contributed by atoms with van der Waals surface area (Å²) in [6.45, 7) is 0. The molecule has 3 heteroatoms. The second-order valence-electron chi connectivity index (χ2n) is 2.35. The molecule has 0 heterocycles. The molecule has 0 spiro atoms. The quantitative estimate of drug-likeness (QED) is 0.385. The van der Waals surface area contributed by atoms with Gasteiger partial charge in [0.2, 0.25) is 0 Å². The van der Waals surface area contributed by atoms with Crippen LogP contribution in [0, 0.1) is 23.2 Å². The van der Waals surface area contributed by atoms with Crippen molar-refractivity contribution in [1.82, 2.24) is 0 Å². The van der Waals surface area contributed by atoms with Crippen LogP contribution in [0.4, 0.5) is 5.69 Å². The van der Waals surface area contributed by atoms with Crippen molar-refractivity contribution in [2.75, 3.05) is 11.6 Å². The highest BCUT2D eigenvalue weighted by Gasteiger charge is 1.96. The molecule has 0 atom stereocenters. The molecule has 0 bridgehead atoms. The Morgan fingerprint density at radius 3 is 2.77 bits per heavy atom. The Hall–Kier alpha value is -1.64. The predicted molar refractivity (Wildman–Crippen MR) is 53.2 cm³/mol. The molecule has 0 fully saturated rings. The van der Waals surface area contributed by atoms with E-state index < -0.39 is 0 Å². The Bertz CT molecular complexity index is 407. The number of anilines is 1. The summed E-state index contributed by atoms with van der Waals surface area (Å²) in [5, 5.41) is 8.60. The first-order valence-corrected chi connectivity index (χ1v) is 4.16. The molecule has 1 rings (SSSR count). The largest absolute Gasteiger partial charge is 0.398 e. The minimum Gasteiger partial charge on any atom is -0.398 e. The molecule has 0 radical (unpaired) electrons. The van der Waals surface area contributed by atoms with Gasteiger partial charge in [-0.25, -0.2) is 0 Å². The van der Waals surface area contributed by atoms with Crippen molar-refractivity contribution in [3.63, 3.8) is 0 Å². The molecule has 1 aromatic rings. The van der Waals surface area contributed by atoms with E-state index >= 15 is 0 Å². The lowest BCUT2D eigenvalue weighted by atomic mass is 10.1. The zero-order valence-corrected chi connectivity index (χ0v) is 7.60. The molecule has 2 N–H and O–H groups in total. The van der Waals surface area contributed by atoms with Crippen LogP contribution in [0.5, 0.6) is 0 Å². The van der Waals surface area contributed by atoms with Gasteiger partial charge >= 0.3 is 0 Å². The first-order chi connectivity index (χ1) is 6.27. The van der Waals surface area contributed by atoms with Crippen molar-refractivity contribution in [1.29, 1.82) is 5.26 Å². The Balaban J connectivity index is 3.04. The predicted octanol–water partition coefficient (Wildman–Crippen LogP) is 1.73. The van der Waals surface area contributed by atoms with Gasteiger partial charge in [-0.2, -0.15) is 5.26 Å². The van der Waals surface area contributed by atoms with Crippen molar-refractivity contribution >= 4 is 17.3 Å². The van der Waals surface area contributed by atoms with Gasteiger partial charge < -0.3 is 5.73 Å². The average Bonchev–Trinajstić information content (AvgIpc) is 2.15. The summed E-state index contributed by atoms with van der Waals surface area (Å²) in [7, 11) is 0. The second kappa shape index (κ2) is 4.40. The monoisotopic (exact) mass is 190 g/mol. The number of hydrogen-bond acceptors (Lipinski definition) is 2. The third-order valence-electron chi connectivity index (χ3n) is 1.47. The van der Waals surface area contributed by atoms with E-state index in [1.807, 2.05) is 6.07 Å². The van der Waals surface area contributed by atoms with Crippen LogP contribution in [0.2, 0.25) is 0 Å². The lowest BCUT2D eigenvalue weighted by Crippen LogP contribution is -1.90. The highest BCUT2D eigenvalue weighted by molar-refractivity contribution is 6.19. The van der Waals surface area contributed by atoms with Crippen molar-refractivity contribution in [3.05, 3.63) is 29.3 Å². The van der Waals surface area contributed by atoms with Gasteiger partial charge in [-0.15, -0.1) is 11.6 Å². The number of nitriles is 1. The number of nitrogens with two attached hydrogens (primary N) is 1. The van der Waals surface area contributed by atoms with Crippen molar-refractivity contribution < 1.29 is 0 Å². The van der Waals surface area contributed by atoms with E-state index in [4.69, 9.17) is 22.6 Å². The fraction of sp³-hybridized carbons (Fsp3) is 0.100. The summed E-state index contributed by atoms with van der Waals surface area (Å²) in [6, 6.07) is 7.03. The molecule has 0 aliphatic rings. The van der Waals surface area contributed by atoms with Gasteiger partial charge in [0.1, 0.15) is 6.07 Å². The average molecular weight is 191 g/mol. The van der Waals surface area contributed by atoms with Crippen molar-refractivity contribution in [2.24, 2.45) is 0 Å². The maximum Gasteiger partial charge on any atom is 0.101 e. The van der Waals surface area contributed by atoms with Gasteiger partial charge in [0.25, 0.3) is 0 Å². The Morgan fingerprint density at radius 1 is 1.46 bits per heavy atom. The lowest BCUT2D eigenvalue weighted by Gasteiger charge is -1.96. The van der Waals surface area contributed by atoms with Crippen LogP contribution < -0.4 is 5.73 Å². The fourth-order valence-corrected chi connectivity index (χ4v) is 0.945. The zero-order valence-electron chi connectivity index (χ0n) is 6.84. The second-order valence-corrected chi connectivity index (χ2v) is 2.62. The standard InChI is InChI=1S/C10H7ClN2/c11-5-1-2-8-3-4-9(7-12)10(13)6-8/h3-4,6H,5,13H2. The first kappa shape index (κ1) is 9.45. The van der Waals surface area contributed by atoms with Crippen LogP contribution in [0.3, 0.4) is 0 Å². The number of benzene rings is 1. The highest BCUT2D eigenvalue weighted by atomic mass is 35.5. The third-order valence-corrected chi connectivity index (χ3v) is 1.61. The molecule has 0 aliphatic carbocycles. The molecular formula is C10H7ClN2. The fourth-order valence-electron chi connectivity index (χ4n) is 0.878. The van der Waals surface area contributed by atoms with Crippen LogP contribution in [0.25, 0.3) is 0 Å². The molecule has 0 saturated heterocycles. The maximum absolute atomic E-state index is 8.60. The number of rotatable bonds is 0. The SMILES string of the molecule is N#Cc1ccc(C#CCCl)cc1N. The molecule has 0 unspecified atom stereocenters. The molecule has 0 saturated carbocycles. The van der Waals surface area contributed by atoms with E-state index in [9.17, 15) is 0 Å². The van der Waals surface area contributed by atoms with Crippen LogP contribution in [-0.4, -0.2) is 5.88 Å². The topological polar surface area (TPSA) is 49.8 Å². The van der Waals surface area contributed by atoms with E-state index in [0.29, 0.717) is 17.1 Å². The van der Waals surface area contributed by atoms with Gasteiger partial charge in [0.15, 0.2) is 0 Å². The molecule has 1 aromatic carbocycles. The maximum atomic E-state index is 8.60. The molecule has 13 heavy (non-hydrogen) atoms. The Morgan fingerprint density at radius 2 is 2.23 bits per heavy atom. The van der Waals surface area contributed by atoms with Crippen LogP contribution in [0.15, 0.2) is 18.2 Å². The third kappa shape index (κ3) is 2.40. The molecule has 0 amide bonds. The lowest BCUT2D eigenvalue weighted by molar-refractivity contribution is 1.48. The summed E-state index contributed by atoms with van der Waals surface area (Å²) in [5.41, 5.74) is 7.27. The summed E-state index contributed by atoms with van der Waals surface area (Å²) in [4.78, 5) is 0. The number of alkyl halides is 1. The first-order valence-electron chi connectivity index (χ1n) is 3.62. The van der Waals surface area contributed by atoms with Crippen molar-refractivity contribution in [2.45, 2.75) is 0 Å².